The summed E-state index contributed by atoms with van der Waals surface area (Å²) in [6.07, 6.45) is 5.48. The third-order valence-corrected chi connectivity index (χ3v) is 4.83. The average molecular weight is 238 g/mol. The molecule has 2 bridgehead atoms. The molecule has 3 nitrogen and oxygen atoms in total. The van der Waals surface area contributed by atoms with Gasteiger partial charge in [-0.25, -0.2) is 0 Å². The van der Waals surface area contributed by atoms with Crippen molar-refractivity contribution in [2.24, 2.45) is 29.4 Å². The minimum Gasteiger partial charge on any atom is -0.352 e. The smallest absolute Gasteiger partial charge is 0.237 e. The highest BCUT2D eigenvalue weighted by atomic mass is 16.2. The van der Waals surface area contributed by atoms with Gasteiger partial charge < -0.3 is 11.1 Å². The third-order valence-electron chi connectivity index (χ3n) is 4.83. The summed E-state index contributed by atoms with van der Waals surface area (Å²) in [6.45, 7) is 6.13. The van der Waals surface area contributed by atoms with Gasteiger partial charge in [0.1, 0.15) is 0 Å². The molecule has 3 heteroatoms. The summed E-state index contributed by atoms with van der Waals surface area (Å²) in [5.74, 6) is 2.71. The standard InChI is InChI=1S/C14H26N2O/c1-8(2)13(15)14(17)16-9(3)12-7-10-4-5-11(12)6-10/h8-13H,4-7,15H2,1-3H3,(H,16,17)/t9?,10?,11?,12?,13-/m1/s1. The lowest BCUT2D eigenvalue weighted by Gasteiger charge is -2.29. The van der Waals surface area contributed by atoms with Crippen molar-refractivity contribution in [3.8, 4) is 0 Å². The molecule has 17 heavy (non-hydrogen) atoms. The highest BCUT2D eigenvalue weighted by Gasteiger charge is 2.42. The van der Waals surface area contributed by atoms with Crippen molar-refractivity contribution in [1.82, 2.24) is 5.32 Å². The van der Waals surface area contributed by atoms with Crippen LogP contribution in [0.2, 0.25) is 0 Å². The van der Waals surface area contributed by atoms with Crippen LogP contribution in [0, 0.1) is 23.7 Å². The van der Waals surface area contributed by atoms with Gasteiger partial charge >= 0.3 is 0 Å². The number of nitrogens with one attached hydrogen (secondary N) is 1. The molecule has 2 rings (SSSR count). The summed E-state index contributed by atoms with van der Waals surface area (Å²) >= 11 is 0. The van der Waals surface area contributed by atoms with E-state index in [0.717, 1.165) is 11.8 Å². The lowest BCUT2D eigenvalue weighted by atomic mass is 9.84. The van der Waals surface area contributed by atoms with E-state index in [1.165, 1.54) is 25.7 Å². The topological polar surface area (TPSA) is 55.1 Å². The molecule has 2 fully saturated rings. The zero-order valence-corrected chi connectivity index (χ0v) is 11.3. The lowest BCUT2D eigenvalue weighted by Crippen LogP contribution is -2.49. The quantitative estimate of drug-likeness (QED) is 0.786. The SMILES string of the molecule is CC(NC(=O)[C@H](N)C(C)C)C1CC2CCC1C2. The molecule has 0 radical (unpaired) electrons. The molecule has 0 saturated heterocycles. The Bertz CT molecular complexity index is 290. The molecule has 0 spiro atoms. The van der Waals surface area contributed by atoms with E-state index in [-0.39, 0.29) is 17.9 Å². The van der Waals surface area contributed by atoms with Gasteiger partial charge in [0.05, 0.1) is 6.04 Å². The van der Waals surface area contributed by atoms with Crippen molar-refractivity contribution in [2.45, 2.75) is 58.5 Å². The summed E-state index contributed by atoms with van der Waals surface area (Å²) in [6, 6.07) is -0.0707. The Kier molecular flexibility index (Phi) is 3.76. The third kappa shape index (κ3) is 2.65. The molecule has 0 aliphatic heterocycles. The number of fused-ring (bicyclic) bond motifs is 2. The number of hydrogen-bond donors (Lipinski definition) is 2. The predicted molar refractivity (Wildman–Crippen MR) is 69.4 cm³/mol. The molecule has 0 heterocycles. The molecule has 1 amide bonds. The minimum atomic E-state index is -0.365. The normalized spacial score (nSPS) is 35.0. The van der Waals surface area contributed by atoms with Crippen LogP contribution < -0.4 is 11.1 Å². The maximum atomic E-state index is 11.9. The van der Waals surface area contributed by atoms with E-state index in [0.29, 0.717) is 12.0 Å². The van der Waals surface area contributed by atoms with Crippen molar-refractivity contribution in [3.63, 3.8) is 0 Å². The van der Waals surface area contributed by atoms with E-state index in [2.05, 4.69) is 12.2 Å². The van der Waals surface area contributed by atoms with Crippen molar-refractivity contribution in [3.05, 3.63) is 0 Å². The van der Waals surface area contributed by atoms with Gasteiger partial charge in [-0.1, -0.05) is 20.3 Å². The maximum Gasteiger partial charge on any atom is 0.237 e. The first-order valence-corrected chi connectivity index (χ1v) is 7.05. The first kappa shape index (κ1) is 12.9. The molecule has 98 valence electrons. The first-order chi connectivity index (χ1) is 7.99. The number of nitrogens with two attached hydrogens (primary N) is 1. The second kappa shape index (κ2) is 4.97. The minimum absolute atomic E-state index is 0.0234. The predicted octanol–water partition coefficient (Wildman–Crippen LogP) is 1.91. The summed E-state index contributed by atoms with van der Waals surface area (Å²) in [5.41, 5.74) is 5.87. The van der Waals surface area contributed by atoms with Crippen molar-refractivity contribution in [1.29, 1.82) is 0 Å². The molecular weight excluding hydrogens is 212 g/mol. The van der Waals surface area contributed by atoms with Crippen LogP contribution in [0.5, 0.6) is 0 Å². The molecule has 0 aromatic carbocycles. The number of rotatable bonds is 4. The van der Waals surface area contributed by atoms with E-state index in [4.69, 9.17) is 5.73 Å². The van der Waals surface area contributed by atoms with Crippen LogP contribution in [0.25, 0.3) is 0 Å². The molecule has 2 saturated carbocycles. The van der Waals surface area contributed by atoms with Gasteiger partial charge in [-0.15, -0.1) is 0 Å². The second-order valence-corrected chi connectivity index (χ2v) is 6.41. The average Bonchev–Trinajstić information content (AvgIpc) is 2.89. The van der Waals surface area contributed by atoms with E-state index in [1.54, 1.807) is 0 Å². The zero-order chi connectivity index (χ0) is 12.6. The largest absolute Gasteiger partial charge is 0.352 e. The van der Waals surface area contributed by atoms with E-state index in [9.17, 15) is 4.79 Å². The summed E-state index contributed by atoms with van der Waals surface area (Å²) < 4.78 is 0. The molecule has 2 aliphatic rings. The van der Waals surface area contributed by atoms with Gasteiger partial charge in [-0.3, -0.25) is 4.79 Å². The van der Waals surface area contributed by atoms with Crippen LogP contribution >= 0.6 is 0 Å². The maximum absolute atomic E-state index is 11.9. The van der Waals surface area contributed by atoms with Gasteiger partial charge in [0.15, 0.2) is 0 Å². The van der Waals surface area contributed by atoms with Crippen LogP contribution in [0.3, 0.4) is 0 Å². The Morgan fingerprint density at radius 1 is 1.24 bits per heavy atom. The molecular formula is C14H26N2O. The molecule has 5 atom stereocenters. The monoisotopic (exact) mass is 238 g/mol. The number of carbonyl (C=O) groups excluding carboxylic acids is 1. The number of hydrogen-bond acceptors (Lipinski definition) is 2. The number of amides is 1. The zero-order valence-electron chi connectivity index (χ0n) is 11.3. The molecule has 4 unspecified atom stereocenters. The van der Waals surface area contributed by atoms with Crippen LogP contribution in [0.15, 0.2) is 0 Å². The van der Waals surface area contributed by atoms with Gasteiger partial charge in [-0.2, -0.15) is 0 Å². The Morgan fingerprint density at radius 3 is 2.41 bits per heavy atom. The highest BCUT2D eigenvalue weighted by Crippen LogP contribution is 2.49. The van der Waals surface area contributed by atoms with Gasteiger partial charge in [0.25, 0.3) is 0 Å². The van der Waals surface area contributed by atoms with Gasteiger partial charge in [0.2, 0.25) is 5.91 Å². The Morgan fingerprint density at radius 2 is 1.94 bits per heavy atom. The van der Waals surface area contributed by atoms with Gasteiger partial charge in [0, 0.05) is 6.04 Å². The molecule has 2 aliphatic carbocycles. The Labute approximate surface area is 105 Å². The fraction of sp³-hybridized carbons (Fsp3) is 0.929. The Balaban J connectivity index is 1.85. The van der Waals surface area contributed by atoms with Crippen molar-refractivity contribution < 1.29 is 4.79 Å². The highest BCUT2D eigenvalue weighted by molar-refractivity contribution is 5.82. The fourth-order valence-electron chi connectivity index (χ4n) is 3.64. The Hall–Kier alpha value is -0.570. The van der Waals surface area contributed by atoms with Crippen LogP contribution in [0.4, 0.5) is 0 Å². The van der Waals surface area contributed by atoms with Crippen molar-refractivity contribution in [2.75, 3.05) is 0 Å². The van der Waals surface area contributed by atoms with E-state index >= 15 is 0 Å². The fourth-order valence-corrected chi connectivity index (χ4v) is 3.64. The van der Waals surface area contributed by atoms with Gasteiger partial charge in [-0.05, 0) is 49.9 Å². The van der Waals surface area contributed by atoms with Crippen LogP contribution in [0.1, 0.15) is 46.5 Å². The molecule has 0 aromatic heterocycles. The van der Waals surface area contributed by atoms with E-state index < -0.39 is 0 Å². The van der Waals surface area contributed by atoms with Crippen molar-refractivity contribution >= 4 is 5.91 Å². The van der Waals surface area contributed by atoms with Crippen LogP contribution in [-0.4, -0.2) is 18.0 Å². The molecule has 0 aromatic rings. The summed E-state index contributed by atoms with van der Waals surface area (Å²) in [7, 11) is 0. The summed E-state index contributed by atoms with van der Waals surface area (Å²) in [5, 5.41) is 3.12. The molecule has 3 N–H and O–H groups in total. The summed E-state index contributed by atoms with van der Waals surface area (Å²) in [4.78, 5) is 11.9. The number of carbonyl (C=O) groups is 1. The second-order valence-electron chi connectivity index (χ2n) is 6.41. The lowest BCUT2D eigenvalue weighted by molar-refractivity contribution is -0.124. The van der Waals surface area contributed by atoms with Crippen LogP contribution in [-0.2, 0) is 4.79 Å². The van der Waals surface area contributed by atoms with E-state index in [1.807, 2.05) is 13.8 Å². The first-order valence-electron chi connectivity index (χ1n) is 7.05.